The number of hydrogen-bond donors (Lipinski definition) is 2. The Labute approximate surface area is 150 Å². The van der Waals surface area contributed by atoms with E-state index in [2.05, 4.69) is 14.9 Å². The number of nitrogens with one attached hydrogen (secondary N) is 2. The zero-order valence-electron chi connectivity index (χ0n) is 13.6. The highest BCUT2D eigenvalue weighted by atomic mass is 32.2. The molecule has 2 aliphatic rings. The van der Waals surface area contributed by atoms with Gasteiger partial charge in [-0.15, -0.1) is 11.3 Å². The number of aromatic nitrogens is 2. The molecule has 1 aliphatic heterocycles. The monoisotopic (exact) mass is 380 g/mol. The van der Waals surface area contributed by atoms with Crippen molar-refractivity contribution in [3.8, 4) is 0 Å². The van der Waals surface area contributed by atoms with Gasteiger partial charge in [-0.3, -0.25) is 9.89 Å². The van der Waals surface area contributed by atoms with E-state index in [-0.39, 0.29) is 11.9 Å². The molecule has 2 aromatic heterocycles. The number of nitrogens with zero attached hydrogens (tertiary/aromatic N) is 2. The number of amides is 1. The maximum atomic E-state index is 12.5. The van der Waals surface area contributed by atoms with E-state index < -0.39 is 10.0 Å². The highest BCUT2D eigenvalue weighted by Crippen LogP contribution is 2.39. The Morgan fingerprint density at radius 1 is 1.28 bits per heavy atom. The Bertz CT molecular complexity index is 848. The van der Waals surface area contributed by atoms with E-state index in [0.717, 1.165) is 18.5 Å². The largest absolute Gasteiger partial charge is 0.337 e. The molecule has 0 bridgehead atoms. The van der Waals surface area contributed by atoms with Crippen molar-refractivity contribution in [1.29, 1.82) is 0 Å². The molecule has 1 aliphatic carbocycles. The van der Waals surface area contributed by atoms with Gasteiger partial charge in [-0.25, -0.2) is 13.1 Å². The number of likely N-dealkylation sites (tertiary alicyclic amines) is 1. The third-order valence-electron chi connectivity index (χ3n) is 4.70. The van der Waals surface area contributed by atoms with Crippen LogP contribution in [0.4, 0.5) is 0 Å². The predicted molar refractivity (Wildman–Crippen MR) is 94.1 cm³/mol. The summed E-state index contributed by atoms with van der Waals surface area (Å²) >= 11 is 1.20. The summed E-state index contributed by atoms with van der Waals surface area (Å²) in [4.78, 5) is 14.3. The van der Waals surface area contributed by atoms with E-state index in [9.17, 15) is 13.2 Å². The number of thiophene rings is 1. The number of aromatic amines is 1. The summed E-state index contributed by atoms with van der Waals surface area (Å²) in [7, 11) is -3.46. The maximum absolute atomic E-state index is 12.5. The van der Waals surface area contributed by atoms with Gasteiger partial charge in [0.1, 0.15) is 9.90 Å². The first-order valence-corrected chi connectivity index (χ1v) is 10.8. The Kier molecular flexibility index (Phi) is 4.38. The van der Waals surface area contributed by atoms with E-state index in [1.165, 1.54) is 11.3 Å². The van der Waals surface area contributed by atoms with Crippen LogP contribution in [-0.4, -0.2) is 48.6 Å². The smallest absolute Gasteiger partial charge is 0.274 e. The standard InChI is InChI=1S/C16H20N4O3S2/c21-16(14-10-13(17-18-14)11-3-4-11)20-7-5-12(6-8-20)19-25(22,23)15-2-1-9-24-15/h1-2,9-12,19H,3-8H2,(H,17,18). The van der Waals surface area contributed by atoms with Gasteiger partial charge < -0.3 is 4.90 Å². The third kappa shape index (κ3) is 3.63. The van der Waals surface area contributed by atoms with Crippen molar-refractivity contribution in [2.45, 2.75) is 41.9 Å². The van der Waals surface area contributed by atoms with Gasteiger partial charge in [0, 0.05) is 30.7 Å². The lowest BCUT2D eigenvalue weighted by molar-refractivity contribution is 0.0705. The number of carbonyl (C=O) groups excluding carboxylic acids is 1. The number of H-pyrrole nitrogens is 1. The topological polar surface area (TPSA) is 95.2 Å². The quantitative estimate of drug-likeness (QED) is 0.829. The Morgan fingerprint density at radius 2 is 2.04 bits per heavy atom. The zero-order valence-corrected chi connectivity index (χ0v) is 15.3. The Balaban J connectivity index is 1.34. The molecule has 134 valence electrons. The fraction of sp³-hybridized carbons (Fsp3) is 0.500. The molecular weight excluding hydrogens is 360 g/mol. The second-order valence-corrected chi connectivity index (χ2v) is 9.49. The molecule has 25 heavy (non-hydrogen) atoms. The van der Waals surface area contributed by atoms with Gasteiger partial charge in [0.15, 0.2) is 0 Å². The lowest BCUT2D eigenvalue weighted by Gasteiger charge is -2.31. The van der Waals surface area contributed by atoms with Crippen LogP contribution in [0.1, 0.15) is 47.8 Å². The van der Waals surface area contributed by atoms with Crippen molar-refractivity contribution in [3.05, 3.63) is 35.0 Å². The van der Waals surface area contributed by atoms with E-state index >= 15 is 0 Å². The van der Waals surface area contributed by atoms with Crippen molar-refractivity contribution in [2.24, 2.45) is 0 Å². The molecule has 3 heterocycles. The zero-order chi connectivity index (χ0) is 17.4. The lowest BCUT2D eigenvalue weighted by atomic mass is 10.1. The molecule has 2 N–H and O–H groups in total. The van der Waals surface area contributed by atoms with Gasteiger partial charge in [0.05, 0.1) is 0 Å². The van der Waals surface area contributed by atoms with Crippen molar-refractivity contribution < 1.29 is 13.2 Å². The second kappa shape index (κ2) is 6.54. The summed E-state index contributed by atoms with van der Waals surface area (Å²) in [6.45, 7) is 1.06. The van der Waals surface area contributed by atoms with Crippen LogP contribution in [0.5, 0.6) is 0 Å². The molecular formula is C16H20N4O3S2. The highest BCUT2D eigenvalue weighted by Gasteiger charge is 2.30. The lowest BCUT2D eigenvalue weighted by Crippen LogP contribution is -2.46. The van der Waals surface area contributed by atoms with Crippen LogP contribution in [-0.2, 0) is 10.0 Å². The minimum absolute atomic E-state index is 0.0808. The first-order chi connectivity index (χ1) is 12.0. The summed E-state index contributed by atoms with van der Waals surface area (Å²) in [5, 5.41) is 8.84. The van der Waals surface area contributed by atoms with Crippen LogP contribution in [0.25, 0.3) is 0 Å². The molecule has 4 rings (SSSR count). The molecule has 1 saturated heterocycles. The van der Waals surface area contributed by atoms with E-state index in [0.29, 0.717) is 41.8 Å². The number of rotatable bonds is 5. The molecule has 2 fully saturated rings. The number of sulfonamides is 1. The number of piperidine rings is 1. The predicted octanol–water partition coefficient (Wildman–Crippen LogP) is 1.93. The summed E-state index contributed by atoms with van der Waals surface area (Å²) in [6, 6.07) is 5.03. The molecule has 1 amide bonds. The molecule has 2 aromatic rings. The summed E-state index contributed by atoms with van der Waals surface area (Å²) in [5.74, 6) is 0.453. The molecule has 0 radical (unpaired) electrons. The van der Waals surface area contributed by atoms with E-state index in [1.54, 1.807) is 22.4 Å². The van der Waals surface area contributed by atoms with Gasteiger partial charge in [-0.2, -0.15) is 5.10 Å². The molecule has 0 atom stereocenters. The molecule has 7 nitrogen and oxygen atoms in total. The van der Waals surface area contributed by atoms with Crippen LogP contribution in [0, 0.1) is 0 Å². The van der Waals surface area contributed by atoms with Gasteiger partial charge in [-0.1, -0.05) is 6.07 Å². The van der Waals surface area contributed by atoms with Crippen LogP contribution < -0.4 is 4.72 Å². The van der Waals surface area contributed by atoms with Crippen LogP contribution in [0.3, 0.4) is 0 Å². The number of carbonyl (C=O) groups is 1. The van der Waals surface area contributed by atoms with Crippen molar-refractivity contribution in [3.63, 3.8) is 0 Å². The van der Waals surface area contributed by atoms with Crippen LogP contribution >= 0.6 is 11.3 Å². The second-order valence-electron chi connectivity index (χ2n) is 6.60. The maximum Gasteiger partial charge on any atom is 0.274 e. The normalized spacial score (nSPS) is 19.3. The molecule has 1 saturated carbocycles. The minimum Gasteiger partial charge on any atom is -0.337 e. The fourth-order valence-electron chi connectivity index (χ4n) is 3.11. The van der Waals surface area contributed by atoms with Crippen molar-refractivity contribution in [2.75, 3.05) is 13.1 Å². The average molecular weight is 380 g/mol. The highest BCUT2D eigenvalue weighted by molar-refractivity contribution is 7.91. The fourth-order valence-corrected chi connectivity index (χ4v) is 5.42. The Hall–Kier alpha value is -1.71. The van der Waals surface area contributed by atoms with Gasteiger partial charge in [-0.05, 0) is 43.2 Å². The average Bonchev–Trinajstić information content (AvgIpc) is 3.11. The molecule has 0 unspecified atom stereocenters. The molecule has 9 heteroatoms. The van der Waals surface area contributed by atoms with Gasteiger partial charge >= 0.3 is 0 Å². The molecule has 0 spiro atoms. The summed E-state index contributed by atoms with van der Waals surface area (Å²) < 4.78 is 27.6. The summed E-state index contributed by atoms with van der Waals surface area (Å²) in [6.07, 6.45) is 3.53. The molecule has 0 aromatic carbocycles. The SMILES string of the molecule is O=C(c1cc(C2CC2)[nH]n1)N1CCC(NS(=O)(=O)c2cccs2)CC1. The first-order valence-electron chi connectivity index (χ1n) is 8.43. The first kappa shape index (κ1) is 16.7. The van der Waals surface area contributed by atoms with Crippen LogP contribution in [0.2, 0.25) is 0 Å². The van der Waals surface area contributed by atoms with Crippen LogP contribution in [0.15, 0.2) is 27.8 Å². The minimum atomic E-state index is -3.46. The van der Waals surface area contributed by atoms with Gasteiger partial charge in [0.2, 0.25) is 10.0 Å². The third-order valence-corrected chi connectivity index (χ3v) is 7.62. The van der Waals surface area contributed by atoms with Gasteiger partial charge in [0.25, 0.3) is 5.91 Å². The van der Waals surface area contributed by atoms with E-state index in [1.807, 2.05) is 6.07 Å². The summed E-state index contributed by atoms with van der Waals surface area (Å²) in [5.41, 5.74) is 1.50. The van der Waals surface area contributed by atoms with Crippen molar-refractivity contribution in [1.82, 2.24) is 19.8 Å². The number of hydrogen-bond acceptors (Lipinski definition) is 5. The Morgan fingerprint density at radius 3 is 2.68 bits per heavy atom. The van der Waals surface area contributed by atoms with Crippen molar-refractivity contribution >= 4 is 27.3 Å². The van der Waals surface area contributed by atoms with E-state index in [4.69, 9.17) is 0 Å².